The monoisotopic (exact) mass is 242 g/mol. The summed E-state index contributed by atoms with van der Waals surface area (Å²) < 4.78 is 5.26. The van der Waals surface area contributed by atoms with Gasteiger partial charge >= 0.3 is 0 Å². The standard InChI is InChI=1S/C12H22N2O3/c1-4-9-12(16)14(7-8-17-6-3)10(5-2)11(15)13-9/h9-10H,4-8H2,1-3H3,(H,13,15). The average molecular weight is 242 g/mol. The molecule has 1 rings (SSSR count). The Morgan fingerprint density at radius 1 is 1.24 bits per heavy atom. The van der Waals surface area contributed by atoms with Crippen LogP contribution in [0, 0.1) is 0 Å². The average Bonchev–Trinajstić information content (AvgIpc) is 2.33. The van der Waals surface area contributed by atoms with E-state index in [1.807, 2.05) is 20.8 Å². The van der Waals surface area contributed by atoms with Gasteiger partial charge in [-0.15, -0.1) is 0 Å². The van der Waals surface area contributed by atoms with Gasteiger partial charge in [0, 0.05) is 13.2 Å². The number of hydrogen-bond donors (Lipinski definition) is 1. The minimum Gasteiger partial charge on any atom is -0.380 e. The van der Waals surface area contributed by atoms with Crippen molar-refractivity contribution in [2.45, 2.75) is 45.7 Å². The van der Waals surface area contributed by atoms with E-state index in [2.05, 4.69) is 5.32 Å². The molecule has 1 aliphatic heterocycles. The molecule has 0 spiro atoms. The number of piperazine rings is 1. The minimum atomic E-state index is -0.369. The van der Waals surface area contributed by atoms with Gasteiger partial charge in [0.05, 0.1) is 6.61 Å². The van der Waals surface area contributed by atoms with Crippen molar-refractivity contribution in [1.29, 1.82) is 0 Å². The zero-order chi connectivity index (χ0) is 12.8. The molecule has 0 aromatic rings. The first kappa shape index (κ1) is 14.0. The Balaban J connectivity index is 2.70. The molecule has 17 heavy (non-hydrogen) atoms. The Hall–Kier alpha value is -1.10. The molecule has 2 amide bonds. The molecule has 98 valence electrons. The van der Waals surface area contributed by atoms with Crippen LogP contribution in [0.15, 0.2) is 0 Å². The summed E-state index contributed by atoms with van der Waals surface area (Å²) in [4.78, 5) is 25.6. The number of ether oxygens (including phenoxy) is 1. The fourth-order valence-electron chi connectivity index (χ4n) is 2.08. The third-order valence-corrected chi connectivity index (χ3v) is 3.05. The van der Waals surface area contributed by atoms with Crippen LogP contribution in [0.1, 0.15) is 33.6 Å². The molecule has 2 unspecified atom stereocenters. The van der Waals surface area contributed by atoms with Crippen molar-refractivity contribution in [1.82, 2.24) is 10.2 Å². The molecular formula is C12H22N2O3. The number of carbonyl (C=O) groups excluding carboxylic acids is 2. The quantitative estimate of drug-likeness (QED) is 0.692. The lowest BCUT2D eigenvalue weighted by Crippen LogP contribution is -2.63. The maximum absolute atomic E-state index is 12.1. The van der Waals surface area contributed by atoms with E-state index in [-0.39, 0.29) is 23.9 Å². The molecule has 1 N–H and O–H groups in total. The van der Waals surface area contributed by atoms with Gasteiger partial charge in [-0.3, -0.25) is 9.59 Å². The van der Waals surface area contributed by atoms with E-state index in [1.54, 1.807) is 4.90 Å². The van der Waals surface area contributed by atoms with Crippen LogP contribution < -0.4 is 5.32 Å². The first-order valence-corrected chi connectivity index (χ1v) is 6.34. The van der Waals surface area contributed by atoms with Crippen molar-refractivity contribution in [3.8, 4) is 0 Å². The molecule has 2 atom stereocenters. The summed E-state index contributed by atoms with van der Waals surface area (Å²) in [6.45, 7) is 7.34. The lowest BCUT2D eigenvalue weighted by Gasteiger charge is -2.38. The van der Waals surface area contributed by atoms with Crippen LogP contribution in [0.5, 0.6) is 0 Å². The van der Waals surface area contributed by atoms with Crippen LogP contribution in [0.3, 0.4) is 0 Å². The molecule has 0 aliphatic carbocycles. The number of amides is 2. The van der Waals surface area contributed by atoms with E-state index in [9.17, 15) is 9.59 Å². The lowest BCUT2D eigenvalue weighted by atomic mass is 10.0. The van der Waals surface area contributed by atoms with Gasteiger partial charge in [0.1, 0.15) is 12.1 Å². The van der Waals surface area contributed by atoms with Crippen molar-refractivity contribution in [2.24, 2.45) is 0 Å². The zero-order valence-electron chi connectivity index (χ0n) is 10.9. The summed E-state index contributed by atoms with van der Waals surface area (Å²) >= 11 is 0. The summed E-state index contributed by atoms with van der Waals surface area (Å²) in [5, 5.41) is 2.77. The number of carbonyl (C=O) groups is 2. The highest BCUT2D eigenvalue weighted by Crippen LogP contribution is 2.14. The van der Waals surface area contributed by atoms with Crippen molar-refractivity contribution < 1.29 is 14.3 Å². The Labute approximate surface area is 102 Å². The highest BCUT2D eigenvalue weighted by Gasteiger charge is 2.38. The number of nitrogens with one attached hydrogen (secondary N) is 1. The van der Waals surface area contributed by atoms with E-state index in [0.29, 0.717) is 32.6 Å². The predicted octanol–water partition coefficient (Wildman–Crippen LogP) is 0.538. The molecule has 0 bridgehead atoms. The van der Waals surface area contributed by atoms with Gasteiger partial charge in [0.15, 0.2) is 0 Å². The zero-order valence-corrected chi connectivity index (χ0v) is 10.9. The van der Waals surface area contributed by atoms with Gasteiger partial charge in [-0.05, 0) is 19.8 Å². The van der Waals surface area contributed by atoms with Crippen LogP contribution in [0.25, 0.3) is 0 Å². The first-order chi connectivity index (χ1) is 8.15. The number of hydrogen-bond acceptors (Lipinski definition) is 3. The van der Waals surface area contributed by atoms with E-state index < -0.39 is 0 Å². The summed E-state index contributed by atoms with van der Waals surface area (Å²) in [5.41, 5.74) is 0. The molecule has 1 fully saturated rings. The summed E-state index contributed by atoms with van der Waals surface area (Å²) in [5.74, 6) is -0.0332. The summed E-state index contributed by atoms with van der Waals surface area (Å²) in [6, 6.07) is -0.710. The largest absolute Gasteiger partial charge is 0.380 e. The summed E-state index contributed by atoms with van der Waals surface area (Å²) in [7, 11) is 0. The Morgan fingerprint density at radius 3 is 2.47 bits per heavy atom. The van der Waals surface area contributed by atoms with Gasteiger partial charge in [0.25, 0.3) is 0 Å². The fraction of sp³-hybridized carbons (Fsp3) is 0.833. The van der Waals surface area contributed by atoms with Crippen molar-refractivity contribution in [3.05, 3.63) is 0 Å². The van der Waals surface area contributed by atoms with E-state index in [4.69, 9.17) is 4.74 Å². The molecule has 0 aromatic carbocycles. The number of rotatable bonds is 6. The van der Waals surface area contributed by atoms with E-state index in [1.165, 1.54) is 0 Å². The molecule has 0 aromatic heterocycles. The Kier molecular flexibility index (Phi) is 5.41. The molecule has 5 nitrogen and oxygen atoms in total. The third kappa shape index (κ3) is 3.19. The summed E-state index contributed by atoms with van der Waals surface area (Å²) in [6.07, 6.45) is 1.27. The highest BCUT2D eigenvalue weighted by atomic mass is 16.5. The molecule has 1 aliphatic rings. The number of nitrogens with zero attached hydrogens (tertiary/aromatic N) is 1. The maximum Gasteiger partial charge on any atom is 0.245 e. The molecule has 0 radical (unpaired) electrons. The van der Waals surface area contributed by atoms with Crippen molar-refractivity contribution in [3.63, 3.8) is 0 Å². The molecule has 1 saturated heterocycles. The van der Waals surface area contributed by atoms with Crippen LogP contribution in [0.2, 0.25) is 0 Å². The van der Waals surface area contributed by atoms with Gasteiger partial charge < -0.3 is 15.0 Å². The van der Waals surface area contributed by atoms with Gasteiger partial charge in [0.2, 0.25) is 11.8 Å². The van der Waals surface area contributed by atoms with E-state index in [0.717, 1.165) is 0 Å². The SMILES string of the molecule is CCOCCN1C(=O)C(CC)NC(=O)C1CC. The Bertz CT molecular complexity index is 281. The van der Waals surface area contributed by atoms with Crippen LogP contribution in [-0.2, 0) is 14.3 Å². The van der Waals surface area contributed by atoms with Crippen LogP contribution in [-0.4, -0.2) is 48.6 Å². The van der Waals surface area contributed by atoms with E-state index >= 15 is 0 Å². The first-order valence-electron chi connectivity index (χ1n) is 6.34. The predicted molar refractivity (Wildman–Crippen MR) is 64.5 cm³/mol. The smallest absolute Gasteiger partial charge is 0.245 e. The van der Waals surface area contributed by atoms with Crippen molar-refractivity contribution in [2.75, 3.05) is 19.8 Å². The maximum atomic E-state index is 12.1. The molecule has 0 saturated carbocycles. The second-order valence-corrected chi connectivity index (χ2v) is 4.12. The normalized spacial score (nSPS) is 25.0. The minimum absolute atomic E-state index is 0.0126. The van der Waals surface area contributed by atoms with Crippen molar-refractivity contribution >= 4 is 11.8 Å². The Morgan fingerprint density at radius 2 is 1.94 bits per heavy atom. The molecule has 5 heteroatoms. The topological polar surface area (TPSA) is 58.6 Å². The second-order valence-electron chi connectivity index (χ2n) is 4.12. The van der Waals surface area contributed by atoms with Gasteiger partial charge in [-0.25, -0.2) is 0 Å². The molecule has 1 heterocycles. The van der Waals surface area contributed by atoms with Gasteiger partial charge in [-0.1, -0.05) is 13.8 Å². The highest BCUT2D eigenvalue weighted by molar-refractivity contribution is 5.96. The van der Waals surface area contributed by atoms with Crippen LogP contribution >= 0.6 is 0 Å². The third-order valence-electron chi connectivity index (χ3n) is 3.05. The lowest BCUT2D eigenvalue weighted by molar-refractivity contribution is -0.150. The second kappa shape index (κ2) is 6.59. The van der Waals surface area contributed by atoms with Gasteiger partial charge in [-0.2, -0.15) is 0 Å². The molecular weight excluding hydrogens is 220 g/mol. The van der Waals surface area contributed by atoms with Crippen LogP contribution in [0.4, 0.5) is 0 Å². The fourth-order valence-corrected chi connectivity index (χ4v) is 2.08.